The number of hydrogen-bond acceptors (Lipinski definition) is 0. The zero-order chi connectivity index (χ0) is 15.7. The van der Waals surface area contributed by atoms with E-state index in [-0.39, 0.29) is 0 Å². The van der Waals surface area contributed by atoms with Crippen molar-refractivity contribution >= 4 is 43.1 Å². The van der Waals surface area contributed by atoms with Crippen LogP contribution in [0.2, 0.25) is 0 Å². The summed E-state index contributed by atoms with van der Waals surface area (Å²) in [5, 5.41) is 11.3. The summed E-state index contributed by atoms with van der Waals surface area (Å²) in [5.41, 5.74) is 3.02. The van der Waals surface area contributed by atoms with Crippen molar-refractivity contribution in [3.8, 4) is 0 Å². The summed E-state index contributed by atoms with van der Waals surface area (Å²) in [7, 11) is 0. The summed E-state index contributed by atoms with van der Waals surface area (Å²) >= 11 is 0. The van der Waals surface area contributed by atoms with Gasteiger partial charge in [0.05, 0.1) is 0 Å². The molecule has 24 heavy (non-hydrogen) atoms. The Kier molecular flexibility index (Phi) is 2.28. The molecular formula is C24H16. The molecule has 0 bridgehead atoms. The van der Waals surface area contributed by atoms with E-state index in [2.05, 4.69) is 72.8 Å². The molecule has 5 aromatic rings. The number of fused-ring (bicyclic) bond motifs is 5. The van der Waals surface area contributed by atoms with Crippen LogP contribution in [0.4, 0.5) is 0 Å². The van der Waals surface area contributed by atoms with Gasteiger partial charge in [0.15, 0.2) is 0 Å². The molecule has 0 nitrogen and oxygen atoms in total. The smallest absolute Gasteiger partial charge is 0.00175 e. The van der Waals surface area contributed by atoms with Crippen molar-refractivity contribution in [2.24, 2.45) is 0 Å². The van der Waals surface area contributed by atoms with Crippen LogP contribution in [-0.2, 0) is 12.8 Å². The molecule has 112 valence electrons. The van der Waals surface area contributed by atoms with Crippen LogP contribution in [0.5, 0.6) is 0 Å². The van der Waals surface area contributed by atoms with Gasteiger partial charge >= 0.3 is 0 Å². The van der Waals surface area contributed by atoms with E-state index >= 15 is 0 Å². The van der Waals surface area contributed by atoms with E-state index in [9.17, 15) is 0 Å². The number of hydrogen-bond donors (Lipinski definition) is 0. The lowest BCUT2D eigenvalue weighted by Crippen LogP contribution is -2.02. The molecule has 0 atom stereocenters. The maximum Gasteiger partial charge on any atom is -0.00175 e. The van der Waals surface area contributed by atoms with Gasteiger partial charge in [-0.3, -0.25) is 0 Å². The van der Waals surface area contributed by atoms with Crippen molar-refractivity contribution in [1.29, 1.82) is 0 Å². The molecule has 0 saturated heterocycles. The fourth-order valence-corrected chi connectivity index (χ4v) is 4.70. The molecule has 1 aliphatic carbocycles. The quantitative estimate of drug-likeness (QED) is 0.290. The highest BCUT2D eigenvalue weighted by Gasteiger charge is 2.19. The van der Waals surface area contributed by atoms with E-state index in [1.807, 2.05) is 0 Å². The van der Waals surface area contributed by atoms with E-state index in [0.29, 0.717) is 0 Å². The summed E-state index contributed by atoms with van der Waals surface area (Å²) in [5.74, 6) is 0. The molecule has 0 saturated carbocycles. The molecule has 0 heteroatoms. The van der Waals surface area contributed by atoms with Crippen molar-refractivity contribution in [1.82, 2.24) is 0 Å². The second kappa shape index (κ2) is 4.36. The zero-order valence-corrected chi connectivity index (χ0v) is 13.3. The first-order chi connectivity index (χ1) is 11.9. The molecule has 0 fully saturated rings. The maximum absolute atomic E-state index is 2.42. The summed E-state index contributed by atoms with van der Waals surface area (Å²) < 4.78 is 0. The molecule has 0 N–H and O–H groups in total. The minimum atomic E-state index is 1.14. The lowest BCUT2D eigenvalue weighted by molar-refractivity contribution is 0.970. The van der Waals surface area contributed by atoms with Crippen LogP contribution in [0.25, 0.3) is 43.1 Å². The zero-order valence-electron chi connectivity index (χ0n) is 13.3. The predicted octanol–water partition coefficient (Wildman–Crippen LogP) is 6.40. The lowest BCUT2D eigenvalue weighted by atomic mass is 9.81. The number of aryl methyl sites for hydroxylation is 2. The molecule has 0 aliphatic heterocycles. The van der Waals surface area contributed by atoms with Gasteiger partial charge in [-0.1, -0.05) is 72.8 Å². The molecule has 0 radical (unpaired) electrons. The molecule has 0 heterocycles. The van der Waals surface area contributed by atoms with Crippen LogP contribution >= 0.6 is 0 Å². The van der Waals surface area contributed by atoms with Gasteiger partial charge in [0, 0.05) is 0 Å². The van der Waals surface area contributed by atoms with Gasteiger partial charge in [0.2, 0.25) is 0 Å². The summed E-state index contributed by atoms with van der Waals surface area (Å²) in [6.07, 6.45) is 2.29. The molecule has 0 spiro atoms. The highest BCUT2D eigenvalue weighted by atomic mass is 14.2. The Labute approximate surface area is 140 Å². The first-order valence-corrected chi connectivity index (χ1v) is 8.68. The molecular weight excluding hydrogens is 288 g/mol. The second-order valence-electron chi connectivity index (χ2n) is 6.89. The molecule has 1 aliphatic rings. The normalized spacial score (nSPS) is 13.5. The van der Waals surface area contributed by atoms with Gasteiger partial charge in [0.1, 0.15) is 0 Å². The summed E-state index contributed by atoms with van der Waals surface area (Å²) in [4.78, 5) is 0. The number of rotatable bonds is 0. The third-order valence-corrected chi connectivity index (χ3v) is 5.68. The number of benzene rings is 5. The Morgan fingerprint density at radius 3 is 2.04 bits per heavy atom. The largest absolute Gasteiger partial charge is 0.0616 e. The fourth-order valence-electron chi connectivity index (χ4n) is 4.70. The Hall–Kier alpha value is -2.86. The SMILES string of the molecule is c1ccc2c(c1)cc1c3c4c(cccc4c4ccccc4c23)CC1. The average Bonchev–Trinajstić information content (AvgIpc) is 2.66. The monoisotopic (exact) mass is 304 g/mol. The lowest BCUT2D eigenvalue weighted by Gasteiger charge is -2.22. The van der Waals surface area contributed by atoms with Crippen molar-refractivity contribution in [2.75, 3.05) is 0 Å². The standard InChI is InChI=1S/C24H16/c1-2-8-18-16(6-1)14-17-13-12-15-7-5-11-20-19-9-3-4-10-21(19)24(18)23(17)22(15)20/h1-11,14H,12-13H2. The van der Waals surface area contributed by atoms with Gasteiger partial charge in [-0.2, -0.15) is 0 Å². The van der Waals surface area contributed by atoms with E-state index in [1.54, 1.807) is 0 Å². The van der Waals surface area contributed by atoms with E-state index in [4.69, 9.17) is 0 Å². The average molecular weight is 304 g/mol. The molecule has 0 amide bonds. The van der Waals surface area contributed by atoms with Crippen molar-refractivity contribution < 1.29 is 0 Å². The van der Waals surface area contributed by atoms with Crippen LogP contribution in [0.1, 0.15) is 11.1 Å². The van der Waals surface area contributed by atoms with E-state index in [1.165, 1.54) is 54.2 Å². The summed E-state index contributed by atoms with van der Waals surface area (Å²) in [6.45, 7) is 0. The van der Waals surface area contributed by atoms with Crippen molar-refractivity contribution in [3.05, 3.63) is 83.9 Å². The van der Waals surface area contributed by atoms with Gasteiger partial charge in [-0.25, -0.2) is 0 Å². The Bertz CT molecular complexity index is 1290. The third-order valence-electron chi connectivity index (χ3n) is 5.68. The summed E-state index contributed by atoms with van der Waals surface area (Å²) in [6, 6.07) is 27.0. The van der Waals surface area contributed by atoms with Gasteiger partial charge < -0.3 is 0 Å². The van der Waals surface area contributed by atoms with Gasteiger partial charge in [-0.15, -0.1) is 0 Å². The topological polar surface area (TPSA) is 0 Å². The molecule has 6 rings (SSSR count). The first kappa shape index (κ1) is 12.5. The fraction of sp³-hybridized carbons (Fsp3) is 0.0833. The van der Waals surface area contributed by atoms with E-state index < -0.39 is 0 Å². The van der Waals surface area contributed by atoms with Crippen LogP contribution in [-0.4, -0.2) is 0 Å². The Morgan fingerprint density at radius 1 is 0.458 bits per heavy atom. The Balaban J connectivity index is 2.10. The van der Waals surface area contributed by atoms with Crippen LogP contribution in [0.3, 0.4) is 0 Å². The second-order valence-corrected chi connectivity index (χ2v) is 6.89. The Morgan fingerprint density at radius 2 is 1.12 bits per heavy atom. The molecule has 5 aromatic carbocycles. The van der Waals surface area contributed by atoms with Crippen LogP contribution < -0.4 is 0 Å². The van der Waals surface area contributed by atoms with Crippen molar-refractivity contribution in [3.63, 3.8) is 0 Å². The highest BCUT2D eigenvalue weighted by Crippen LogP contribution is 2.44. The van der Waals surface area contributed by atoms with Crippen LogP contribution in [0, 0.1) is 0 Å². The van der Waals surface area contributed by atoms with Crippen molar-refractivity contribution in [2.45, 2.75) is 12.8 Å². The molecule has 0 unspecified atom stereocenters. The minimum absolute atomic E-state index is 1.14. The third kappa shape index (κ3) is 1.44. The van der Waals surface area contributed by atoms with Gasteiger partial charge in [-0.05, 0) is 67.1 Å². The highest BCUT2D eigenvalue weighted by molar-refractivity contribution is 6.33. The van der Waals surface area contributed by atoms with Crippen LogP contribution in [0.15, 0.2) is 72.8 Å². The molecule has 0 aromatic heterocycles. The first-order valence-electron chi connectivity index (χ1n) is 8.68. The van der Waals surface area contributed by atoms with E-state index in [0.717, 1.165) is 12.8 Å². The predicted molar refractivity (Wildman–Crippen MR) is 104 cm³/mol. The minimum Gasteiger partial charge on any atom is -0.0616 e. The van der Waals surface area contributed by atoms with Gasteiger partial charge in [0.25, 0.3) is 0 Å². The maximum atomic E-state index is 2.42.